The first-order valence-corrected chi connectivity index (χ1v) is 6.24. The summed E-state index contributed by atoms with van der Waals surface area (Å²) in [4.78, 5) is 12.7. The zero-order valence-corrected chi connectivity index (χ0v) is 10.2. The lowest BCUT2D eigenvalue weighted by atomic mass is 10.0. The molecule has 0 spiro atoms. The Hall–Kier alpha value is -1.67. The number of benzene rings is 2. The van der Waals surface area contributed by atoms with E-state index in [2.05, 4.69) is 0 Å². The van der Waals surface area contributed by atoms with Crippen LogP contribution in [0.2, 0.25) is 0 Å². The van der Waals surface area contributed by atoms with Crippen molar-refractivity contribution in [3.05, 3.63) is 58.3 Å². The highest BCUT2D eigenvalue weighted by atomic mass is 32.1. The van der Waals surface area contributed by atoms with Gasteiger partial charge >= 0.3 is 0 Å². The standard InChI is InChI=1S/C16H14OS/c1-10(2)11-7-8-15-13(9-11)16(17)12-5-3-4-6-14(12)18-15/h3-10H,1-2H3/i1D3,2D3,10D. The van der Waals surface area contributed by atoms with Crippen LogP contribution in [0.4, 0.5) is 0 Å². The van der Waals surface area contributed by atoms with Gasteiger partial charge in [0.15, 0.2) is 5.43 Å². The van der Waals surface area contributed by atoms with Gasteiger partial charge in [0.2, 0.25) is 0 Å². The third-order valence-corrected chi connectivity index (χ3v) is 4.02. The number of fused-ring (bicyclic) bond motifs is 2. The fourth-order valence-electron chi connectivity index (χ4n) is 1.96. The third kappa shape index (κ3) is 1.73. The van der Waals surface area contributed by atoms with Gasteiger partial charge in [-0.25, -0.2) is 0 Å². The molecule has 0 amide bonds. The van der Waals surface area contributed by atoms with Crippen LogP contribution in [0, 0.1) is 0 Å². The van der Waals surface area contributed by atoms with Gasteiger partial charge in [0.25, 0.3) is 0 Å². The van der Waals surface area contributed by atoms with Gasteiger partial charge in [-0.05, 0) is 35.7 Å². The van der Waals surface area contributed by atoms with E-state index in [0.29, 0.717) is 10.1 Å². The number of hydrogen-bond donors (Lipinski definition) is 0. The first-order valence-electron chi connectivity index (χ1n) is 8.93. The summed E-state index contributed by atoms with van der Waals surface area (Å²) < 4.78 is 55.1. The van der Waals surface area contributed by atoms with E-state index in [0.717, 1.165) is 4.70 Å². The van der Waals surface area contributed by atoms with Crippen LogP contribution >= 0.6 is 11.3 Å². The molecule has 2 aromatic carbocycles. The Morgan fingerprint density at radius 1 is 1.11 bits per heavy atom. The van der Waals surface area contributed by atoms with Crippen LogP contribution in [-0.4, -0.2) is 0 Å². The maximum Gasteiger partial charge on any atom is 0.195 e. The maximum atomic E-state index is 12.7. The summed E-state index contributed by atoms with van der Waals surface area (Å²) in [5, 5.41) is 0.710. The van der Waals surface area contributed by atoms with Gasteiger partial charge in [-0.1, -0.05) is 31.9 Å². The molecule has 0 radical (unpaired) electrons. The molecule has 0 fully saturated rings. The molecule has 0 atom stereocenters. The summed E-state index contributed by atoms with van der Waals surface area (Å²) in [7, 11) is 0. The topological polar surface area (TPSA) is 17.1 Å². The monoisotopic (exact) mass is 261 g/mol. The molecule has 3 aromatic rings. The summed E-state index contributed by atoms with van der Waals surface area (Å²) in [6.45, 7) is -6.15. The predicted molar refractivity (Wildman–Crippen MR) is 79.7 cm³/mol. The molecule has 1 nitrogen and oxygen atoms in total. The smallest absolute Gasteiger partial charge is 0.195 e. The minimum atomic E-state index is -3.07. The number of rotatable bonds is 1. The Balaban J connectivity index is 2.37. The van der Waals surface area contributed by atoms with Crippen molar-refractivity contribution in [2.24, 2.45) is 0 Å². The summed E-state index contributed by atoms with van der Waals surface area (Å²) >= 11 is 1.36. The first kappa shape index (κ1) is 5.98. The fraction of sp³-hybridized carbons (Fsp3) is 0.188. The van der Waals surface area contributed by atoms with Crippen LogP contribution in [0.25, 0.3) is 20.2 Å². The second-order valence-corrected chi connectivity index (χ2v) is 5.10. The van der Waals surface area contributed by atoms with Crippen LogP contribution in [0.5, 0.6) is 0 Å². The molecule has 18 heavy (non-hydrogen) atoms. The summed E-state index contributed by atoms with van der Waals surface area (Å²) in [5.74, 6) is -2.81. The van der Waals surface area contributed by atoms with Gasteiger partial charge in [-0.3, -0.25) is 4.79 Å². The highest BCUT2D eigenvalue weighted by Gasteiger charge is 2.07. The SMILES string of the molecule is [2H]C([2H])([2H])C([2H])(c1ccc2sc3ccccc3c(=O)c2c1)C([2H])([2H])[2H]. The predicted octanol–water partition coefficient (Wildman–Crippen LogP) is 4.54. The van der Waals surface area contributed by atoms with Crippen molar-refractivity contribution < 1.29 is 9.60 Å². The van der Waals surface area contributed by atoms with Gasteiger partial charge in [-0.2, -0.15) is 0 Å². The molecular formula is C16H14OS. The fourth-order valence-corrected chi connectivity index (χ4v) is 3.01. The van der Waals surface area contributed by atoms with Crippen molar-refractivity contribution in [3.8, 4) is 0 Å². The normalized spacial score (nSPS) is 19.2. The lowest BCUT2D eigenvalue weighted by Crippen LogP contribution is -2.01. The van der Waals surface area contributed by atoms with Crippen molar-refractivity contribution in [2.75, 3.05) is 0 Å². The largest absolute Gasteiger partial charge is 0.289 e. The van der Waals surface area contributed by atoms with Crippen LogP contribution in [-0.2, 0) is 0 Å². The van der Waals surface area contributed by atoms with Gasteiger partial charge in [0.1, 0.15) is 0 Å². The third-order valence-electron chi connectivity index (χ3n) is 2.86. The quantitative estimate of drug-likeness (QED) is 0.588. The van der Waals surface area contributed by atoms with Gasteiger partial charge in [0, 0.05) is 29.8 Å². The molecule has 0 unspecified atom stereocenters. The van der Waals surface area contributed by atoms with Crippen LogP contribution in [0.15, 0.2) is 47.3 Å². The summed E-state index contributed by atoms with van der Waals surface area (Å²) in [5.41, 5.74) is -0.510. The van der Waals surface area contributed by atoms with Gasteiger partial charge in [-0.15, -0.1) is 11.3 Å². The van der Waals surface area contributed by atoms with Gasteiger partial charge in [0.05, 0.1) is 0 Å². The summed E-state index contributed by atoms with van der Waals surface area (Å²) in [6, 6.07) is 11.1. The first-order chi connectivity index (χ1) is 11.5. The molecule has 0 aliphatic rings. The Morgan fingerprint density at radius 3 is 2.72 bits per heavy atom. The minimum absolute atomic E-state index is 0.209. The zero-order valence-electron chi connectivity index (χ0n) is 16.4. The Kier molecular flexibility index (Phi) is 1.40. The average Bonchev–Trinajstić information content (AvgIpc) is 2.52. The average molecular weight is 261 g/mol. The number of hydrogen-bond acceptors (Lipinski definition) is 2. The van der Waals surface area contributed by atoms with E-state index in [9.17, 15) is 4.79 Å². The Labute approximate surface area is 120 Å². The molecule has 0 aliphatic heterocycles. The molecule has 0 N–H and O–H groups in total. The van der Waals surface area contributed by atoms with Crippen molar-refractivity contribution in [1.82, 2.24) is 0 Å². The van der Waals surface area contributed by atoms with Crippen molar-refractivity contribution in [3.63, 3.8) is 0 Å². The van der Waals surface area contributed by atoms with E-state index in [1.807, 2.05) is 12.1 Å². The van der Waals surface area contributed by atoms with E-state index in [-0.39, 0.29) is 16.4 Å². The second kappa shape index (κ2) is 4.21. The maximum absolute atomic E-state index is 12.7. The van der Waals surface area contributed by atoms with Crippen molar-refractivity contribution in [2.45, 2.75) is 19.6 Å². The van der Waals surface area contributed by atoms with Crippen molar-refractivity contribution in [1.29, 1.82) is 0 Å². The highest BCUT2D eigenvalue weighted by Crippen LogP contribution is 2.26. The van der Waals surface area contributed by atoms with Gasteiger partial charge < -0.3 is 0 Å². The molecule has 0 saturated carbocycles. The van der Waals surface area contributed by atoms with E-state index < -0.39 is 19.6 Å². The molecule has 1 heterocycles. The van der Waals surface area contributed by atoms with Crippen LogP contribution < -0.4 is 5.43 Å². The molecule has 2 heteroatoms. The molecule has 0 bridgehead atoms. The summed E-state index contributed by atoms with van der Waals surface area (Å²) in [6.07, 6.45) is 0. The molecule has 0 aliphatic carbocycles. The van der Waals surface area contributed by atoms with E-state index in [4.69, 9.17) is 9.60 Å². The molecule has 1 aromatic heterocycles. The van der Waals surface area contributed by atoms with E-state index >= 15 is 0 Å². The second-order valence-electron chi connectivity index (χ2n) is 4.01. The molecule has 90 valence electrons. The van der Waals surface area contributed by atoms with Crippen LogP contribution in [0.3, 0.4) is 0 Å². The Morgan fingerprint density at radius 2 is 1.89 bits per heavy atom. The minimum Gasteiger partial charge on any atom is -0.289 e. The molecule has 0 saturated heterocycles. The van der Waals surface area contributed by atoms with Crippen molar-refractivity contribution >= 4 is 31.5 Å². The Bertz CT molecular complexity index is 1000. The zero-order chi connectivity index (χ0) is 18.6. The van der Waals surface area contributed by atoms with Crippen LogP contribution in [0.1, 0.15) is 34.8 Å². The highest BCUT2D eigenvalue weighted by molar-refractivity contribution is 7.24. The van der Waals surface area contributed by atoms with E-state index in [1.165, 1.54) is 29.5 Å². The molecule has 3 rings (SSSR count). The lowest BCUT2D eigenvalue weighted by Gasteiger charge is -2.07. The van der Waals surface area contributed by atoms with E-state index in [1.54, 1.807) is 12.1 Å². The lowest BCUT2D eigenvalue weighted by molar-refractivity contribution is 0.869. The molecular weight excluding hydrogens is 240 g/mol.